The second-order valence-electron chi connectivity index (χ2n) is 4.89. The van der Waals surface area contributed by atoms with Gasteiger partial charge in [0.25, 0.3) is 5.91 Å². The first-order valence-corrected chi connectivity index (χ1v) is 7.21. The quantitative estimate of drug-likeness (QED) is 0.483. The normalized spacial score (nSPS) is 14.8. The van der Waals surface area contributed by atoms with E-state index in [1.54, 1.807) is 29.2 Å². The number of para-hydroxylation sites is 1. The van der Waals surface area contributed by atoms with Crippen molar-refractivity contribution >= 4 is 17.6 Å². The molecule has 0 radical (unpaired) electrons. The molecule has 2 N–H and O–H groups in total. The average Bonchev–Trinajstić information content (AvgIpc) is 2.62. The third-order valence-electron chi connectivity index (χ3n) is 3.46. The predicted octanol–water partition coefficient (Wildman–Crippen LogP) is 0.724. The van der Waals surface area contributed by atoms with Gasteiger partial charge in [0.05, 0.1) is 18.4 Å². The number of methoxy groups -OCH3 is 1. The molecule has 0 unspecified atom stereocenters. The fourth-order valence-electron chi connectivity index (χ4n) is 2.23. The molecule has 1 aromatic carbocycles. The number of rotatable bonds is 4. The zero-order valence-electron chi connectivity index (χ0n) is 12.8. The van der Waals surface area contributed by atoms with Crippen molar-refractivity contribution in [2.24, 2.45) is 0 Å². The van der Waals surface area contributed by atoms with Crippen LogP contribution in [0.25, 0.3) is 0 Å². The molecule has 1 saturated heterocycles. The van der Waals surface area contributed by atoms with Gasteiger partial charge in [0, 0.05) is 32.4 Å². The number of hydrogen-bond donors (Lipinski definition) is 2. The third-order valence-corrected chi connectivity index (χ3v) is 3.46. The maximum atomic E-state index is 12.3. The lowest BCUT2D eigenvalue weighted by Gasteiger charge is -2.27. The minimum absolute atomic E-state index is 0.00781. The number of amides is 1. The number of nitrogens with zero attached hydrogens (tertiary/aromatic N) is 2. The number of nitrogens with one attached hydrogen (secondary N) is 2. The Morgan fingerprint density at radius 1 is 1.35 bits per heavy atom. The van der Waals surface area contributed by atoms with Crippen LogP contribution in [0, 0.1) is 11.3 Å². The van der Waals surface area contributed by atoms with Gasteiger partial charge in [-0.25, -0.2) is 4.79 Å². The zero-order valence-corrected chi connectivity index (χ0v) is 12.8. The van der Waals surface area contributed by atoms with Crippen molar-refractivity contribution in [3.8, 4) is 6.07 Å². The molecule has 1 fully saturated rings. The predicted molar refractivity (Wildman–Crippen MR) is 84.5 cm³/mol. The summed E-state index contributed by atoms with van der Waals surface area (Å²) in [6, 6.07) is 8.63. The summed E-state index contributed by atoms with van der Waals surface area (Å²) in [5.41, 5.74) is 0.796. The van der Waals surface area contributed by atoms with Crippen LogP contribution in [0.1, 0.15) is 10.4 Å². The van der Waals surface area contributed by atoms with E-state index in [0.29, 0.717) is 37.4 Å². The number of benzene rings is 1. The minimum Gasteiger partial charge on any atom is -0.465 e. The third kappa shape index (κ3) is 4.08. The lowest BCUT2D eigenvalue weighted by atomic mass is 10.1. The maximum absolute atomic E-state index is 12.3. The smallest absolute Gasteiger partial charge is 0.339 e. The van der Waals surface area contributed by atoms with Crippen LogP contribution in [0.15, 0.2) is 36.0 Å². The molecule has 0 atom stereocenters. The number of esters is 1. The Balaban J connectivity index is 2.15. The molecule has 0 spiro atoms. The number of nitriles is 1. The fourth-order valence-corrected chi connectivity index (χ4v) is 2.23. The second-order valence-corrected chi connectivity index (χ2v) is 4.89. The molecule has 0 aromatic heterocycles. The Kier molecular flexibility index (Phi) is 5.72. The van der Waals surface area contributed by atoms with Gasteiger partial charge in [-0.1, -0.05) is 12.1 Å². The van der Waals surface area contributed by atoms with Crippen LogP contribution in [-0.4, -0.2) is 50.1 Å². The molecule has 0 saturated carbocycles. The average molecular weight is 314 g/mol. The van der Waals surface area contributed by atoms with Crippen molar-refractivity contribution in [3.05, 3.63) is 41.6 Å². The van der Waals surface area contributed by atoms with Crippen molar-refractivity contribution in [2.75, 3.05) is 38.6 Å². The molecule has 7 nitrogen and oxygen atoms in total. The molecule has 120 valence electrons. The molecule has 1 heterocycles. The number of carbonyl (C=O) groups is 2. The van der Waals surface area contributed by atoms with E-state index in [2.05, 4.69) is 10.6 Å². The number of carbonyl (C=O) groups excluding carboxylic acids is 2. The summed E-state index contributed by atoms with van der Waals surface area (Å²) in [6.45, 7) is 2.55. The van der Waals surface area contributed by atoms with Crippen LogP contribution < -0.4 is 10.6 Å². The van der Waals surface area contributed by atoms with Crippen LogP contribution >= 0.6 is 0 Å². The Labute approximate surface area is 134 Å². The van der Waals surface area contributed by atoms with E-state index in [-0.39, 0.29) is 11.5 Å². The Bertz CT molecular complexity index is 658. The topological polar surface area (TPSA) is 94.5 Å². The summed E-state index contributed by atoms with van der Waals surface area (Å²) < 4.78 is 4.71. The first-order valence-electron chi connectivity index (χ1n) is 7.21. The largest absolute Gasteiger partial charge is 0.465 e. The Hall–Kier alpha value is -2.85. The van der Waals surface area contributed by atoms with Gasteiger partial charge in [-0.15, -0.1) is 0 Å². The van der Waals surface area contributed by atoms with Gasteiger partial charge in [-0.05, 0) is 12.1 Å². The highest BCUT2D eigenvalue weighted by atomic mass is 16.5. The van der Waals surface area contributed by atoms with Crippen molar-refractivity contribution in [1.82, 2.24) is 10.2 Å². The van der Waals surface area contributed by atoms with Crippen LogP contribution in [0.3, 0.4) is 0 Å². The fraction of sp³-hybridized carbons (Fsp3) is 0.312. The molecular formula is C16H18N4O3. The maximum Gasteiger partial charge on any atom is 0.339 e. The van der Waals surface area contributed by atoms with E-state index in [4.69, 9.17) is 4.74 Å². The summed E-state index contributed by atoms with van der Waals surface area (Å²) in [5.74, 6) is -0.814. The SMILES string of the molecule is COC(=O)c1ccccc1N/C=C(/C#N)C(=O)N1CCNCC1. The van der Waals surface area contributed by atoms with Gasteiger partial charge >= 0.3 is 5.97 Å². The number of piperazine rings is 1. The first-order chi connectivity index (χ1) is 11.2. The number of ether oxygens (including phenoxy) is 1. The molecule has 0 aliphatic carbocycles. The molecule has 2 rings (SSSR count). The van der Waals surface area contributed by atoms with E-state index in [1.165, 1.54) is 13.3 Å². The first kappa shape index (κ1) is 16.5. The monoisotopic (exact) mass is 314 g/mol. The van der Waals surface area contributed by atoms with Crippen LogP contribution in [0.4, 0.5) is 5.69 Å². The van der Waals surface area contributed by atoms with Crippen LogP contribution in [0.2, 0.25) is 0 Å². The van der Waals surface area contributed by atoms with E-state index in [9.17, 15) is 14.9 Å². The molecule has 1 aliphatic rings. The van der Waals surface area contributed by atoms with Gasteiger partial charge in [-0.2, -0.15) is 5.26 Å². The van der Waals surface area contributed by atoms with E-state index < -0.39 is 5.97 Å². The standard InChI is InChI=1S/C16H18N4O3/c1-23-16(22)13-4-2-3-5-14(13)19-11-12(10-17)15(21)20-8-6-18-7-9-20/h2-5,11,18-19H,6-9H2,1H3/b12-11-. The molecule has 7 heteroatoms. The molecule has 1 amide bonds. The molecule has 0 bridgehead atoms. The highest BCUT2D eigenvalue weighted by molar-refractivity contribution is 5.99. The van der Waals surface area contributed by atoms with Crippen molar-refractivity contribution < 1.29 is 14.3 Å². The lowest BCUT2D eigenvalue weighted by molar-refractivity contribution is -0.127. The van der Waals surface area contributed by atoms with Gasteiger partial charge < -0.3 is 20.3 Å². The van der Waals surface area contributed by atoms with E-state index in [0.717, 1.165) is 0 Å². The van der Waals surface area contributed by atoms with E-state index in [1.807, 2.05) is 6.07 Å². The minimum atomic E-state index is -0.492. The molecule has 1 aromatic rings. The zero-order chi connectivity index (χ0) is 16.7. The van der Waals surface area contributed by atoms with Crippen molar-refractivity contribution in [1.29, 1.82) is 5.26 Å². The summed E-state index contributed by atoms with van der Waals surface area (Å²) in [7, 11) is 1.30. The summed E-state index contributed by atoms with van der Waals surface area (Å²) in [5, 5.41) is 15.2. The second kappa shape index (κ2) is 7.96. The van der Waals surface area contributed by atoms with Gasteiger partial charge in [0.2, 0.25) is 0 Å². The molecule has 23 heavy (non-hydrogen) atoms. The molecular weight excluding hydrogens is 296 g/mol. The van der Waals surface area contributed by atoms with Crippen LogP contribution in [-0.2, 0) is 9.53 Å². The van der Waals surface area contributed by atoms with Gasteiger partial charge in [0.15, 0.2) is 0 Å². The van der Waals surface area contributed by atoms with Crippen molar-refractivity contribution in [2.45, 2.75) is 0 Å². The Morgan fingerprint density at radius 2 is 2.04 bits per heavy atom. The lowest BCUT2D eigenvalue weighted by Crippen LogP contribution is -2.46. The van der Waals surface area contributed by atoms with Crippen LogP contribution in [0.5, 0.6) is 0 Å². The number of hydrogen-bond acceptors (Lipinski definition) is 6. The molecule has 1 aliphatic heterocycles. The Morgan fingerprint density at radius 3 is 2.70 bits per heavy atom. The summed E-state index contributed by atoms with van der Waals surface area (Å²) in [4.78, 5) is 25.6. The highest BCUT2D eigenvalue weighted by Gasteiger charge is 2.20. The summed E-state index contributed by atoms with van der Waals surface area (Å²) in [6.07, 6.45) is 1.33. The van der Waals surface area contributed by atoms with E-state index >= 15 is 0 Å². The highest BCUT2D eigenvalue weighted by Crippen LogP contribution is 2.16. The number of anilines is 1. The summed E-state index contributed by atoms with van der Waals surface area (Å²) >= 11 is 0. The van der Waals surface area contributed by atoms with Gasteiger partial charge in [-0.3, -0.25) is 4.79 Å². The van der Waals surface area contributed by atoms with Crippen molar-refractivity contribution in [3.63, 3.8) is 0 Å². The van der Waals surface area contributed by atoms with Gasteiger partial charge in [0.1, 0.15) is 11.6 Å².